The van der Waals surface area contributed by atoms with Crippen LogP contribution in [0.3, 0.4) is 0 Å². The molecule has 0 radical (unpaired) electrons. The third-order valence-electron chi connectivity index (χ3n) is 6.70. The quantitative estimate of drug-likeness (QED) is 0.256. The molecule has 0 amide bonds. The Kier molecular flexibility index (Phi) is 4.64. The summed E-state index contributed by atoms with van der Waals surface area (Å²) < 4.78 is 31.1. The van der Waals surface area contributed by atoms with Gasteiger partial charge in [0.15, 0.2) is 0 Å². The van der Waals surface area contributed by atoms with Crippen molar-refractivity contribution in [2.24, 2.45) is 7.05 Å². The molecule has 5 aromatic rings. The Bertz CT molecular complexity index is 1630. The molecule has 3 heteroatoms. The molecule has 0 saturated carbocycles. The Balaban J connectivity index is 1.88. The average molecular weight is 450 g/mol. The molecule has 0 aliphatic heterocycles. The van der Waals surface area contributed by atoms with E-state index in [1.54, 1.807) is 13.0 Å². The van der Waals surface area contributed by atoms with E-state index >= 15 is 0 Å². The fourth-order valence-electron chi connectivity index (χ4n) is 5.04. The summed E-state index contributed by atoms with van der Waals surface area (Å²) in [6.07, 6.45) is 5.86. The van der Waals surface area contributed by atoms with Crippen molar-refractivity contribution in [1.82, 2.24) is 9.13 Å². The van der Waals surface area contributed by atoms with Crippen molar-refractivity contribution in [3.8, 4) is 22.9 Å². The van der Waals surface area contributed by atoms with Gasteiger partial charge < -0.3 is 0 Å². The predicted molar refractivity (Wildman–Crippen MR) is 143 cm³/mol. The first kappa shape index (κ1) is 18.6. The van der Waals surface area contributed by atoms with E-state index in [1.807, 2.05) is 24.4 Å². The highest BCUT2D eigenvalue weighted by Gasteiger charge is 2.27. The van der Waals surface area contributed by atoms with Gasteiger partial charge in [-0.1, -0.05) is 60.7 Å². The number of para-hydroxylation sites is 2. The second kappa shape index (κ2) is 8.49. The molecule has 0 saturated heterocycles. The van der Waals surface area contributed by atoms with Crippen molar-refractivity contribution in [1.29, 1.82) is 0 Å². The van der Waals surface area contributed by atoms with E-state index in [2.05, 4.69) is 96.2 Å². The molecule has 0 unspecified atom stereocenters. The maximum absolute atomic E-state index is 8.17. The van der Waals surface area contributed by atoms with E-state index < -0.39 is 6.85 Å². The summed E-state index contributed by atoms with van der Waals surface area (Å²) in [5, 5.41) is 0.935. The molecular weight excluding hydrogens is 414 g/mol. The number of hydrogen-bond donors (Lipinski definition) is 0. The third kappa shape index (κ3) is 3.40. The molecule has 0 bridgehead atoms. The summed E-state index contributed by atoms with van der Waals surface area (Å²) in [6.45, 7) is 5.94. The van der Waals surface area contributed by atoms with Gasteiger partial charge in [0.25, 0.3) is 5.82 Å². The highest BCUT2D eigenvalue weighted by atomic mass is 15.2. The number of imidazole rings is 1. The minimum Gasteiger partial charge on any atom is -0.231 e. The zero-order valence-electron chi connectivity index (χ0n) is 23.4. The van der Waals surface area contributed by atoms with Crippen LogP contribution in [0.1, 0.15) is 40.1 Å². The molecule has 0 atom stereocenters. The summed E-state index contributed by atoms with van der Waals surface area (Å²) in [4.78, 5) is 0. The molecule has 170 valence electrons. The summed E-state index contributed by atoms with van der Waals surface area (Å²) in [7, 11) is 2.08. The molecular formula is C31H32N3+. The largest absolute Gasteiger partial charge is 0.265 e. The van der Waals surface area contributed by atoms with Crippen molar-refractivity contribution in [2.45, 2.75) is 34.5 Å². The molecule has 5 rings (SSSR count). The van der Waals surface area contributed by atoms with Crippen LogP contribution in [0.5, 0.6) is 0 Å². The van der Waals surface area contributed by atoms with E-state index in [-0.39, 0.29) is 0 Å². The van der Waals surface area contributed by atoms with Gasteiger partial charge in [-0.25, -0.2) is 13.7 Å². The van der Waals surface area contributed by atoms with Crippen LogP contribution < -0.4 is 4.57 Å². The maximum atomic E-state index is 8.17. The van der Waals surface area contributed by atoms with Gasteiger partial charge in [0.2, 0.25) is 5.82 Å². The van der Waals surface area contributed by atoms with Crippen molar-refractivity contribution in [3.63, 3.8) is 0 Å². The highest BCUT2D eigenvalue weighted by molar-refractivity contribution is 5.95. The SMILES string of the molecule is [2H]C([2H])([2H])C(=CC)c1cn(-c2cn(-c3c(C)cccc3C)c(-c3ccccc3)[n+]2C)c2c(C)cccc12. The predicted octanol–water partition coefficient (Wildman–Crippen LogP) is 7.26. The van der Waals surface area contributed by atoms with Gasteiger partial charge in [0.1, 0.15) is 17.4 Å². The molecule has 3 nitrogen and oxygen atoms in total. The standard InChI is InChI=1S/C31H32N3/c1-7-21(2)27-19-33(30-24(5)15-12-18-26(27)30)28-20-34(29-22(3)13-11-14-23(29)4)31(32(28)6)25-16-9-8-10-17-25/h7-20H,1-6H3/q+1/i2D3. The van der Waals surface area contributed by atoms with Crippen molar-refractivity contribution >= 4 is 16.5 Å². The van der Waals surface area contributed by atoms with E-state index in [9.17, 15) is 0 Å². The van der Waals surface area contributed by atoms with Crippen LogP contribution in [0, 0.1) is 20.8 Å². The third-order valence-corrected chi connectivity index (χ3v) is 6.70. The fraction of sp³-hybridized carbons (Fsp3) is 0.194. The van der Waals surface area contributed by atoms with E-state index in [0.29, 0.717) is 5.57 Å². The molecule has 34 heavy (non-hydrogen) atoms. The number of fused-ring (bicyclic) bond motifs is 1. The number of nitrogens with zero attached hydrogens (tertiary/aromatic N) is 3. The first-order valence-corrected chi connectivity index (χ1v) is 11.6. The lowest BCUT2D eigenvalue weighted by molar-refractivity contribution is -0.653. The highest BCUT2D eigenvalue weighted by Crippen LogP contribution is 2.33. The van der Waals surface area contributed by atoms with Crippen LogP contribution in [0.25, 0.3) is 39.4 Å². The fourth-order valence-corrected chi connectivity index (χ4v) is 5.04. The van der Waals surface area contributed by atoms with E-state index in [1.165, 1.54) is 11.1 Å². The van der Waals surface area contributed by atoms with Crippen LogP contribution in [-0.2, 0) is 7.05 Å². The van der Waals surface area contributed by atoms with Gasteiger partial charge in [-0.2, -0.15) is 0 Å². The number of aryl methyl sites for hydroxylation is 3. The van der Waals surface area contributed by atoms with E-state index in [4.69, 9.17) is 4.11 Å². The number of hydrogen-bond acceptors (Lipinski definition) is 0. The van der Waals surface area contributed by atoms with Crippen LogP contribution in [0.4, 0.5) is 0 Å². The molecule has 0 N–H and O–H groups in total. The zero-order valence-corrected chi connectivity index (χ0v) is 20.4. The topological polar surface area (TPSA) is 13.7 Å². The van der Waals surface area contributed by atoms with Crippen LogP contribution in [0.2, 0.25) is 0 Å². The first-order valence-electron chi connectivity index (χ1n) is 13.1. The van der Waals surface area contributed by atoms with Gasteiger partial charge >= 0.3 is 0 Å². The van der Waals surface area contributed by atoms with Crippen LogP contribution in [-0.4, -0.2) is 9.13 Å². The number of allylic oxidation sites excluding steroid dienone is 2. The Morgan fingerprint density at radius 2 is 1.50 bits per heavy atom. The van der Waals surface area contributed by atoms with Crippen LogP contribution in [0.15, 0.2) is 85.2 Å². The molecule has 2 aromatic heterocycles. The minimum absolute atomic E-state index is 0.363. The number of rotatable bonds is 4. The molecule has 0 aliphatic carbocycles. The molecule has 0 aliphatic rings. The lowest BCUT2D eigenvalue weighted by atomic mass is 10.0. The monoisotopic (exact) mass is 449 g/mol. The van der Waals surface area contributed by atoms with Gasteiger partial charge in [-0.3, -0.25) is 0 Å². The Morgan fingerprint density at radius 3 is 2.18 bits per heavy atom. The van der Waals surface area contributed by atoms with Gasteiger partial charge in [0.05, 0.1) is 13.2 Å². The van der Waals surface area contributed by atoms with Gasteiger partial charge in [-0.15, -0.1) is 0 Å². The molecule has 2 heterocycles. The normalized spacial score (nSPS) is 13.7. The second-order valence-corrected chi connectivity index (χ2v) is 8.93. The summed E-state index contributed by atoms with van der Waals surface area (Å²) in [5.74, 6) is 2.00. The first-order chi connectivity index (χ1) is 17.6. The smallest absolute Gasteiger partial charge is 0.231 e. The number of benzene rings is 3. The molecule has 3 aromatic carbocycles. The Labute approximate surface area is 206 Å². The molecule has 0 spiro atoms. The summed E-state index contributed by atoms with van der Waals surface area (Å²) >= 11 is 0. The van der Waals surface area contributed by atoms with E-state index in [0.717, 1.165) is 44.9 Å². The lowest BCUT2D eigenvalue weighted by Crippen LogP contribution is -2.34. The van der Waals surface area contributed by atoms with Crippen LogP contribution >= 0.6 is 0 Å². The average Bonchev–Trinajstić information content (AvgIpc) is 3.38. The summed E-state index contributed by atoms with van der Waals surface area (Å²) in [6, 6.07) is 22.8. The minimum atomic E-state index is -2.21. The zero-order chi connectivity index (χ0) is 26.5. The lowest BCUT2D eigenvalue weighted by Gasteiger charge is -2.10. The molecule has 0 fully saturated rings. The van der Waals surface area contributed by atoms with Crippen molar-refractivity contribution in [3.05, 3.63) is 107 Å². The summed E-state index contributed by atoms with van der Waals surface area (Å²) in [5.41, 5.74) is 7.82. The Hall–Kier alpha value is -3.85. The van der Waals surface area contributed by atoms with Crippen molar-refractivity contribution < 1.29 is 8.68 Å². The second-order valence-electron chi connectivity index (χ2n) is 8.93. The van der Waals surface area contributed by atoms with Crippen molar-refractivity contribution in [2.75, 3.05) is 0 Å². The number of aromatic nitrogens is 3. The maximum Gasteiger partial charge on any atom is 0.265 e. The van der Waals surface area contributed by atoms with Gasteiger partial charge in [-0.05, 0) is 68.9 Å². The Morgan fingerprint density at radius 1 is 0.824 bits per heavy atom. The van der Waals surface area contributed by atoms with Gasteiger partial charge in [0, 0.05) is 20.6 Å².